The molecule has 0 unspecified atom stereocenters. The van der Waals surface area contributed by atoms with Gasteiger partial charge >= 0.3 is 5.97 Å². The first-order valence-electron chi connectivity index (χ1n) is 10.4. The molecule has 2 N–H and O–H groups in total. The van der Waals surface area contributed by atoms with Crippen molar-refractivity contribution >= 4 is 28.1 Å². The summed E-state index contributed by atoms with van der Waals surface area (Å²) in [5, 5.41) is 4.43. The quantitative estimate of drug-likeness (QED) is 0.612. The van der Waals surface area contributed by atoms with E-state index < -0.39 is 0 Å². The first kappa shape index (κ1) is 20.1. The first-order valence-corrected chi connectivity index (χ1v) is 10.4. The van der Waals surface area contributed by atoms with Crippen molar-refractivity contribution in [3.05, 3.63) is 71.6 Å². The van der Waals surface area contributed by atoms with Crippen molar-refractivity contribution in [1.82, 2.24) is 10.3 Å². The molecule has 1 aliphatic rings. The summed E-state index contributed by atoms with van der Waals surface area (Å²) in [5.74, 6) is -0.308. The predicted octanol–water partition coefficient (Wildman–Crippen LogP) is 4.59. The zero-order chi connectivity index (χ0) is 21.3. The maximum atomic E-state index is 12.6. The smallest absolute Gasteiger partial charge is 0.341 e. The van der Waals surface area contributed by atoms with Gasteiger partial charge in [0.25, 0.3) is 0 Å². The van der Waals surface area contributed by atoms with Gasteiger partial charge in [-0.25, -0.2) is 4.79 Å². The maximum absolute atomic E-state index is 12.6. The molecule has 4 rings (SSSR count). The molecular weight excluding hydrogens is 374 g/mol. The Labute approximate surface area is 177 Å². The van der Waals surface area contributed by atoms with Gasteiger partial charge in [0.15, 0.2) is 0 Å². The van der Waals surface area contributed by atoms with Crippen molar-refractivity contribution in [2.75, 3.05) is 25.1 Å². The second kappa shape index (κ2) is 7.90. The van der Waals surface area contributed by atoms with Crippen LogP contribution in [-0.4, -0.2) is 31.2 Å². The van der Waals surface area contributed by atoms with Crippen molar-refractivity contribution in [3.8, 4) is 0 Å². The van der Waals surface area contributed by atoms with Crippen LogP contribution in [0.15, 0.2) is 54.7 Å². The number of H-pyrrole nitrogens is 1. The number of carbonyl (C=O) groups excluding carboxylic acids is 1. The van der Waals surface area contributed by atoms with E-state index in [1.54, 1.807) is 6.20 Å². The van der Waals surface area contributed by atoms with E-state index in [9.17, 15) is 4.79 Å². The van der Waals surface area contributed by atoms with Crippen molar-refractivity contribution < 1.29 is 9.53 Å². The number of ether oxygens (including phenoxy) is 1. The van der Waals surface area contributed by atoms with Crippen LogP contribution >= 0.6 is 0 Å². The van der Waals surface area contributed by atoms with Gasteiger partial charge in [-0.05, 0) is 30.2 Å². The summed E-state index contributed by atoms with van der Waals surface area (Å²) >= 11 is 0. The Bertz CT molecular complexity index is 1100. The van der Waals surface area contributed by atoms with Crippen LogP contribution < -0.4 is 10.2 Å². The fourth-order valence-corrected chi connectivity index (χ4v) is 4.22. The van der Waals surface area contributed by atoms with E-state index in [-0.39, 0.29) is 11.4 Å². The second-order valence-electron chi connectivity index (χ2n) is 8.49. The third-order valence-corrected chi connectivity index (χ3v) is 5.72. The molecule has 5 nitrogen and oxygen atoms in total. The number of nitrogens with one attached hydrogen (secondary N) is 2. The number of hydrogen-bond donors (Lipinski definition) is 2. The molecule has 3 aromatic rings. The van der Waals surface area contributed by atoms with E-state index in [4.69, 9.17) is 4.74 Å². The summed E-state index contributed by atoms with van der Waals surface area (Å²) in [5.41, 5.74) is 5.83. The molecule has 0 bridgehead atoms. The molecule has 0 amide bonds. The summed E-state index contributed by atoms with van der Waals surface area (Å²) in [4.78, 5) is 18.4. The minimum absolute atomic E-state index is 0.143. The number of esters is 1. The zero-order valence-electron chi connectivity index (χ0n) is 18.1. The van der Waals surface area contributed by atoms with Gasteiger partial charge in [0, 0.05) is 48.3 Å². The van der Waals surface area contributed by atoms with Crippen molar-refractivity contribution in [1.29, 1.82) is 0 Å². The van der Waals surface area contributed by atoms with Gasteiger partial charge in [-0.2, -0.15) is 0 Å². The molecule has 0 atom stereocenters. The fourth-order valence-electron chi connectivity index (χ4n) is 4.22. The molecule has 1 aliphatic heterocycles. The summed E-state index contributed by atoms with van der Waals surface area (Å²) in [6.07, 6.45) is 1.78. The van der Waals surface area contributed by atoms with Gasteiger partial charge in [-0.1, -0.05) is 50.2 Å². The van der Waals surface area contributed by atoms with Crippen LogP contribution in [0.3, 0.4) is 0 Å². The summed E-state index contributed by atoms with van der Waals surface area (Å²) in [7, 11) is 2.10. The average Bonchev–Trinajstić information content (AvgIpc) is 3.05. The van der Waals surface area contributed by atoms with Gasteiger partial charge in [0.1, 0.15) is 0 Å². The van der Waals surface area contributed by atoms with Crippen LogP contribution in [-0.2, 0) is 21.5 Å². The highest BCUT2D eigenvalue weighted by atomic mass is 16.5. The average molecular weight is 404 g/mol. The number of fused-ring (bicyclic) bond motifs is 3. The standard InChI is InChI=1S/C25H29N3O2/c1-5-30-24(29)20-14-26-16-25(2,3)22-19-12-11-18(13-21(19)27-23(20)22)28(4)15-17-9-7-6-8-10-17/h6-14,26-27H,5,15-16H2,1-4H3. The van der Waals surface area contributed by atoms with Crippen molar-refractivity contribution in [2.24, 2.45) is 0 Å². The van der Waals surface area contributed by atoms with E-state index >= 15 is 0 Å². The molecule has 0 saturated carbocycles. The maximum Gasteiger partial charge on any atom is 0.341 e. The molecule has 0 spiro atoms. The number of aromatic amines is 1. The normalized spacial score (nSPS) is 15.0. The third kappa shape index (κ3) is 3.67. The number of nitrogens with zero attached hydrogens (tertiary/aromatic N) is 1. The zero-order valence-corrected chi connectivity index (χ0v) is 18.1. The van der Waals surface area contributed by atoms with Gasteiger partial charge in [0.2, 0.25) is 0 Å². The lowest BCUT2D eigenvalue weighted by Crippen LogP contribution is -2.29. The summed E-state index contributed by atoms with van der Waals surface area (Å²) < 4.78 is 5.31. The first-order chi connectivity index (χ1) is 14.4. The molecule has 0 radical (unpaired) electrons. The van der Waals surface area contributed by atoms with Crippen LogP contribution in [0.1, 0.15) is 37.6 Å². The van der Waals surface area contributed by atoms with E-state index in [1.807, 2.05) is 13.0 Å². The molecule has 5 heteroatoms. The second-order valence-corrected chi connectivity index (χ2v) is 8.49. The molecule has 2 heterocycles. The van der Waals surface area contributed by atoms with Crippen molar-refractivity contribution in [3.63, 3.8) is 0 Å². The number of carbonyl (C=O) groups is 1. The van der Waals surface area contributed by atoms with E-state index in [0.717, 1.165) is 40.9 Å². The lowest BCUT2D eigenvalue weighted by Gasteiger charge is -2.24. The predicted molar refractivity (Wildman–Crippen MR) is 122 cm³/mol. The highest BCUT2D eigenvalue weighted by molar-refractivity contribution is 6.18. The van der Waals surface area contributed by atoms with Crippen LogP contribution in [0, 0.1) is 0 Å². The van der Waals surface area contributed by atoms with E-state index in [0.29, 0.717) is 12.2 Å². The molecule has 0 aliphatic carbocycles. The Morgan fingerprint density at radius 3 is 2.67 bits per heavy atom. The number of anilines is 1. The highest BCUT2D eigenvalue weighted by Gasteiger charge is 2.33. The van der Waals surface area contributed by atoms with Crippen LogP contribution in [0.25, 0.3) is 16.5 Å². The molecule has 0 saturated heterocycles. The fraction of sp³-hybridized carbons (Fsp3) is 0.320. The lowest BCUT2D eigenvalue weighted by atomic mass is 9.82. The monoisotopic (exact) mass is 403 g/mol. The topological polar surface area (TPSA) is 57.4 Å². The van der Waals surface area contributed by atoms with Gasteiger partial charge < -0.3 is 19.9 Å². The van der Waals surface area contributed by atoms with Crippen molar-refractivity contribution in [2.45, 2.75) is 32.7 Å². The highest BCUT2D eigenvalue weighted by Crippen LogP contribution is 2.39. The van der Waals surface area contributed by atoms with E-state index in [2.05, 4.69) is 78.6 Å². The third-order valence-electron chi connectivity index (χ3n) is 5.72. The largest absolute Gasteiger partial charge is 0.462 e. The van der Waals surface area contributed by atoms with Crippen LogP contribution in [0.5, 0.6) is 0 Å². The van der Waals surface area contributed by atoms with Crippen LogP contribution in [0.4, 0.5) is 5.69 Å². The minimum atomic E-state index is -0.308. The minimum Gasteiger partial charge on any atom is -0.462 e. The summed E-state index contributed by atoms with van der Waals surface area (Å²) in [6.45, 7) is 8.14. The molecule has 2 aromatic carbocycles. The number of rotatable bonds is 5. The van der Waals surface area contributed by atoms with Gasteiger partial charge in [-0.15, -0.1) is 0 Å². The Kier molecular flexibility index (Phi) is 5.29. The molecule has 0 fully saturated rings. The summed E-state index contributed by atoms with van der Waals surface area (Å²) in [6, 6.07) is 16.9. The van der Waals surface area contributed by atoms with Gasteiger partial charge in [-0.3, -0.25) is 0 Å². The Balaban J connectivity index is 1.76. The number of hydrogen-bond acceptors (Lipinski definition) is 4. The number of aromatic nitrogens is 1. The molecule has 30 heavy (non-hydrogen) atoms. The number of benzene rings is 2. The SMILES string of the molecule is CCOC(=O)C1=CNCC(C)(C)c2c1[nH]c1cc(N(C)Cc3ccccc3)ccc21. The van der Waals surface area contributed by atoms with Crippen LogP contribution in [0.2, 0.25) is 0 Å². The Morgan fingerprint density at radius 1 is 1.17 bits per heavy atom. The molecule has 1 aromatic heterocycles. The lowest BCUT2D eigenvalue weighted by molar-refractivity contribution is -0.136. The molecule has 156 valence electrons. The Hall–Kier alpha value is -3.21. The van der Waals surface area contributed by atoms with E-state index in [1.165, 1.54) is 5.56 Å². The Morgan fingerprint density at radius 2 is 1.93 bits per heavy atom. The van der Waals surface area contributed by atoms with Gasteiger partial charge in [0.05, 0.1) is 17.9 Å². The molecular formula is C25H29N3O2.